The number of carbonyl (C=O) groups excluding carboxylic acids is 3. The van der Waals surface area contributed by atoms with Crippen molar-refractivity contribution >= 4 is 29.4 Å². The zero-order chi connectivity index (χ0) is 24.5. The van der Waals surface area contributed by atoms with Gasteiger partial charge in [0.05, 0.1) is 29.3 Å². The quantitative estimate of drug-likeness (QED) is 0.511. The van der Waals surface area contributed by atoms with E-state index in [1.54, 1.807) is 27.0 Å². The molecule has 4 atom stereocenters. The average molecular weight is 463 g/mol. The smallest absolute Gasteiger partial charge is 0.408 e. The summed E-state index contributed by atoms with van der Waals surface area (Å²) >= 11 is 0. The molecule has 3 N–H and O–H groups in total. The van der Waals surface area contributed by atoms with E-state index in [0.29, 0.717) is 37.3 Å². The molecule has 182 valence electrons. The summed E-state index contributed by atoms with van der Waals surface area (Å²) in [4.78, 5) is 42.3. The highest BCUT2D eigenvalue weighted by Gasteiger charge is 2.41. The molecule has 1 saturated heterocycles. The number of aromatic nitrogens is 1. The van der Waals surface area contributed by atoms with E-state index < -0.39 is 35.9 Å². The van der Waals surface area contributed by atoms with E-state index in [9.17, 15) is 14.4 Å². The van der Waals surface area contributed by atoms with Gasteiger partial charge >= 0.3 is 18.0 Å². The lowest BCUT2D eigenvalue weighted by Crippen LogP contribution is -2.60. The first-order chi connectivity index (χ1) is 15.4. The molecule has 0 spiro atoms. The number of carbonyl (C=O) groups is 3. The van der Waals surface area contributed by atoms with E-state index >= 15 is 0 Å². The number of esters is 2. The van der Waals surface area contributed by atoms with Crippen molar-refractivity contribution in [2.75, 3.05) is 23.7 Å². The molecule has 2 heterocycles. The van der Waals surface area contributed by atoms with Crippen LogP contribution in [0.5, 0.6) is 0 Å². The van der Waals surface area contributed by atoms with E-state index in [1.807, 2.05) is 6.92 Å². The number of nitrogen functional groups attached to an aromatic ring is 1. The summed E-state index contributed by atoms with van der Waals surface area (Å²) in [5, 5.41) is 2.88. The minimum Gasteiger partial charge on any atom is -0.460 e. The van der Waals surface area contributed by atoms with Gasteiger partial charge in [-0.2, -0.15) is 0 Å². The Bertz CT molecular complexity index is 928. The first kappa shape index (κ1) is 24.6. The van der Waals surface area contributed by atoms with Crippen LogP contribution in [0.3, 0.4) is 0 Å². The number of pyridine rings is 1. The molecular weight excluding hydrogens is 428 g/mol. The summed E-state index contributed by atoms with van der Waals surface area (Å²) < 4.78 is 16.4. The topological polar surface area (TPSA) is 133 Å². The number of nitrogens with two attached hydrogens (primary N) is 1. The molecule has 1 fully saturated rings. The van der Waals surface area contributed by atoms with Crippen molar-refractivity contribution in [2.45, 2.75) is 78.2 Å². The van der Waals surface area contributed by atoms with Gasteiger partial charge in [0, 0.05) is 38.4 Å². The minimum atomic E-state index is -0.664. The molecular formula is C23H34N4O6. The summed E-state index contributed by atoms with van der Waals surface area (Å²) in [7, 11) is 0. The van der Waals surface area contributed by atoms with Gasteiger partial charge in [-0.3, -0.25) is 14.6 Å². The predicted octanol–water partition coefficient (Wildman–Crippen LogP) is 2.50. The number of hydrogen-bond acceptors (Lipinski definition) is 9. The number of amides is 1. The first-order valence-electron chi connectivity index (χ1n) is 11.2. The monoisotopic (exact) mass is 462 g/mol. The summed E-state index contributed by atoms with van der Waals surface area (Å²) in [5.74, 6) is -0.869. The summed E-state index contributed by atoms with van der Waals surface area (Å²) in [6.07, 6.45) is 1.39. The van der Waals surface area contributed by atoms with Crippen LogP contribution in [0.2, 0.25) is 0 Å². The van der Waals surface area contributed by atoms with E-state index in [1.165, 1.54) is 13.8 Å². The van der Waals surface area contributed by atoms with Gasteiger partial charge in [0.1, 0.15) is 17.8 Å². The summed E-state index contributed by atoms with van der Waals surface area (Å²) in [5.41, 5.74) is 8.66. The van der Waals surface area contributed by atoms with E-state index in [-0.39, 0.29) is 11.9 Å². The SMILES string of the molecule is CC(=O)OC1CCc2c1ncc(N)c2N1C[C@@H](C)[C@@H](OC(C)=O)[C@@H](NC(=O)OC(C)(C)C)C1. The molecule has 1 aliphatic carbocycles. The Morgan fingerprint density at radius 2 is 1.82 bits per heavy atom. The van der Waals surface area contributed by atoms with Crippen molar-refractivity contribution in [3.8, 4) is 0 Å². The van der Waals surface area contributed by atoms with Crippen molar-refractivity contribution in [2.24, 2.45) is 5.92 Å². The lowest BCUT2D eigenvalue weighted by Gasteiger charge is -2.44. The standard InChI is InChI=1S/C23H34N4O6/c1-12-10-27(11-17(21(12)32-14(3)29)26-22(30)33-23(4,5)6)20-15-7-8-18(31-13(2)28)19(15)25-9-16(20)24/h9,12,17-18,21H,7-8,10-11,24H2,1-6H3,(H,26,30)/t12-,17+,18?,21-/m1/s1. The number of anilines is 2. The molecule has 10 heteroatoms. The third-order valence-corrected chi connectivity index (χ3v) is 5.68. The molecule has 3 rings (SSSR count). The van der Waals surface area contributed by atoms with Crippen LogP contribution in [0.4, 0.5) is 16.2 Å². The maximum atomic E-state index is 12.5. The Morgan fingerprint density at radius 1 is 1.15 bits per heavy atom. The summed E-state index contributed by atoms with van der Waals surface area (Å²) in [6.45, 7) is 11.0. The van der Waals surface area contributed by atoms with Gasteiger partial charge in [0.25, 0.3) is 0 Å². The van der Waals surface area contributed by atoms with Gasteiger partial charge in [-0.15, -0.1) is 0 Å². The van der Waals surface area contributed by atoms with Crippen LogP contribution < -0.4 is 16.0 Å². The number of nitrogens with one attached hydrogen (secondary N) is 1. The number of rotatable bonds is 4. The summed E-state index contributed by atoms with van der Waals surface area (Å²) in [6, 6.07) is -0.513. The lowest BCUT2D eigenvalue weighted by molar-refractivity contribution is -0.151. The fourth-order valence-electron chi connectivity index (χ4n) is 4.62. The van der Waals surface area contributed by atoms with Crippen molar-refractivity contribution in [1.29, 1.82) is 0 Å². The van der Waals surface area contributed by atoms with Crippen molar-refractivity contribution < 1.29 is 28.6 Å². The lowest BCUT2D eigenvalue weighted by atomic mass is 9.91. The van der Waals surface area contributed by atoms with Crippen molar-refractivity contribution in [3.63, 3.8) is 0 Å². The van der Waals surface area contributed by atoms with Gasteiger partial charge in [0.2, 0.25) is 0 Å². The third-order valence-electron chi connectivity index (χ3n) is 5.68. The number of alkyl carbamates (subject to hydrolysis) is 1. The van der Waals surface area contributed by atoms with Crippen LogP contribution in [0, 0.1) is 5.92 Å². The molecule has 1 aromatic rings. The van der Waals surface area contributed by atoms with Crippen LogP contribution in [0.15, 0.2) is 6.20 Å². The fraction of sp³-hybridized carbons (Fsp3) is 0.652. The minimum absolute atomic E-state index is 0.100. The zero-order valence-electron chi connectivity index (χ0n) is 20.1. The van der Waals surface area contributed by atoms with E-state index in [4.69, 9.17) is 19.9 Å². The highest BCUT2D eigenvalue weighted by Crippen LogP contribution is 2.42. The second kappa shape index (κ2) is 9.44. The fourth-order valence-corrected chi connectivity index (χ4v) is 4.62. The maximum Gasteiger partial charge on any atom is 0.408 e. The Labute approximate surface area is 194 Å². The Morgan fingerprint density at radius 3 is 2.42 bits per heavy atom. The normalized spacial score (nSPS) is 24.6. The molecule has 0 aromatic carbocycles. The molecule has 10 nitrogen and oxygen atoms in total. The van der Waals surface area contributed by atoms with E-state index in [0.717, 1.165) is 11.3 Å². The van der Waals surface area contributed by atoms with Gasteiger partial charge in [-0.05, 0) is 33.6 Å². The molecule has 0 saturated carbocycles. The van der Waals surface area contributed by atoms with Crippen LogP contribution in [-0.4, -0.2) is 53.9 Å². The molecule has 0 bridgehead atoms. The Balaban J connectivity index is 1.90. The highest BCUT2D eigenvalue weighted by molar-refractivity contribution is 5.74. The van der Waals surface area contributed by atoms with E-state index in [2.05, 4.69) is 15.2 Å². The van der Waals surface area contributed by atoms with Crippen LogP contribution in [0.25, 0.3) is 0 Å². The van der Waals surface area contributed by atoms with Crippen molar-refractivity contribution in [3.05, 3.63) is 17.5 Å². The number of hydrogen-bond donors (Lipinski definition) is 2. The number of ether oxygens (including phenoxy) is 3. The number of piperidine rings is 1. The van der Waals surface area contributed by atoms with Gasteiger partial charge in [-0.1, -0.05) is 6.92 Å². The second-order valence-corrected chi connectivity index (χ2v) is 9.77. The molecule has 1 aromatic heterocycles. The molecule has 33 heavy (non-hydrogen) atoms. The predicted molar refractivity (Wildman–Crippen MR) is 122 cm³/mol. The Kier molecular flexibility index (Phi) is 7.04. The first-order valence-corrected chi connectivity index (χ1v) is 11.2. The molecule has 2 aliphatic rings. The van der Waals surface area contributed by atoms with Crippen molar-refractivity contribution in [1.82, 2.24) is 10.3 Å². The van der Waals surface area contributed by atoms with Crippen LogP contribution in [0.1, 0.15) is 65.3 Å². The highest BCUT2D eigenvalue weighted by atomic mass is 16.6. The molecule has 1 amide bonds. The van der Waals surface area contributed by atoms with Crippen LogP contribution in [-0.2, 0) is 30.2 Å². The number of nitrogens with zero attached hydrogens (tertiary/aromatic N) is 2. The average Bonchev–Trinajstić information content (AvgIpc) is 3.04. The van der Waals surface area contributed by atoms with Crippen LogP contribution >= 0.6 is 0 Å². The van der Waals surface area contributed by atoms with Gasteiger partial charge < -0.3 is 30.2 Å². The van der Waals surface area contributed by atoms with Gasteiger partial charge in [-0.25, -0.2) is 4.79 Å². The Hall–Kier alpha value is -3.04. The maximum absolute atomic E-state index is 12.5. The number of fused-ring (bicyclic) bond motifs is 1. The van der Waals surface area contributed by atoms with Gasteiger partial charge in [0.15, 0.2) is 0 Å². The molecule has 0 radical (unpaired) electrons. The largest absolute Gasteiger partial charge is 0.460 e. The molecule has 1 unspecified atom stereocenters. The second-order valence-electron chi connectivity index (χ2n) is 9.77. The third kappa shape index (κ3) is 5.85. The molecule has 1 aliphatic heterocycles. The zero-order valence-corrected chi connectivity index (χ0v) is 20.1.